The van der Waals surface area contributed by atoms with Gasteiger partial charge in [0.25, 0.3) is 0 Å². The van der Waals surface area contributed by atoms with Crippen LogP contribution in [-0.2, 0) is 16.6 Å². The number of imidazole rings is 1. The Kier molecular flexibility index (Phi) is 4.02. The normalized spacial score (nSPS) is 11.9. The largest absolute Gasteiger partial charge is 0.464 e. The fraction of sp³-hybridized carbons (Fsp3) is 0.556. The lowest BCUT2D eigenvalue weighted by atomic mass is 10.3. The first-order valence-electron chi connectivity index (χ1n) is 5.06. The van der Waals surface area contributed by atoms with Crippen LogP contribution in [-0.4, -0.2) is 33.1 Å². The number of anilines is 1. The molecule has 0 aliphatic heterocycles. The van der Waals surface area contributed by atoms with E-state index in [1.54, 1.807) is 20.9 Å². The van der Waals surface area contributed by atoms with Crippen LogP contribution in [0.25, 0.3) is 0 Å². The minimum Gasteiger partial charge on any atom is -0.464 e. The van der Waals surface area contributed by atoms with Crippen LogP contribution in [0.1, 0.15) is 13.8 Å². The van der Waals surface area contributed by atoms with Crippen LogP contribution in [0.15, 0.2) is 6.33 Å². The summed E-state index contributed by atoms with van der Waals surface area (Å²) < 4.78 is 6.23. The number of nitrogens with one attached hydrogen (secondary N) is 1. The number of aromatic nitrogens is 2. The molecule has 0 bridgehead atoms. The van der Waals surface area contributed by atoms with Crippen molar-refractivity contribution in [2.24, 2.45) is 7.05 Å². The summed E-state index contributed by atoms with van der Waals surface area (Å²) in [6.07, 6.45) is 1.30. The molecule has 0 amide bonds. The molecule has 1 atom stereocenters. The van der Waals surface area contributed by atoms with Gasteiger partial charge in [-0.2, -0.15) is 0 Å². The van der Waals surface area contributed by atoms with Gasteiger partial charge in [0.05, 0.1) is 6.61 Å². The maximum absolute atomic E-state index is 11.4. The van der Waals surface area contributed by atoms with Crippen LogP contribution in [0.3, 0.4) is 0 Å². The second-order valence-corrected chi connectivity index (χ2v) is 3.40. The van der Waals surface area contributed by atoms with Crippen molar-refractivity contribution in [2.75, 3.05) is 11.9 Å². The molecule has 0 fully saturated rings. The van der Waals surface area contributed by atoms with Crippen LogP contribution in [0.4, 0.5) is 11.6 Å². The summed E-state index contributed by atoms with van der Waals surface area (Å²) >= 11 is 0. The van der Waals surface area contributed by atoms with Crippen molar-refractivity contribution in [2.45, 2.75) is 19.9 Å². The highest BCUT2D eigenvalue weighted by Crippen LogP contribution is 2.21. The van der Waals surface area contributed by atoms with Crippen molar-refractivity contribution in [3.8, 4) is 0 Å². The average Bonchev–Trinajstić information content (AvgIpc) is 2.61. The van der Waals surface area contributed by atoms with Crippen molar-refractivity contribution in [1.82, 2.24) is 9.55 Å². The van der Waals surface area contributed by atoms with Gasteiger partial charge in [-0.25, -0.2) is 4.79 Å². The third-order valence-electron chi connectivity index (χ3n) is 2.08. The SMILES string of the molecule is CCOC(=O)C(C)Nc1c([N+](=O)[O-])ncn1C. The number of esters is 1. The second kappa shape index (κ2) is 5.28. The maximum Gasteiger partial charge on any atom is 0.406 e. The van der Waals surface area contributed by atoms with Crippen LogP contribution < -0.4 is 5.32 Å². The average molecular weight is 242 g/mol. The Morgan fingerprint density at radius 3 is 2.94 bits per heavy atom. The Bertz CT molecular complexity index is 429. The number of carbonyl (C=O) groups is 1. The number of ether oxygens (including phenoxy) is 1. The number of carbonyl (C=O) groups excluding carboxylic acids is 1. The second-order valence-electron chi connectivity index (χ2n) is 3.40. The first-order valence-corrected chi connectivity index (χ1v) is 5.06. The molecular weight excluding hydrogens is 228 g/mol. The van der Waals surface area contributed by atoms with Crippen molar-refractivity contribution in [3.63, 3.8) is 0 Å². The summed E-state index contributed by atoms with van der Waals surface area (Å²) in [6, 6.07) is -0.677. The van der Waals surface area contributed by atoms with Gasteiger partial charge in [0.2, 0.25) is 12.1 Å². The summed E-state index contributed by atoms with van der Waals surface area (Å²) in [7, 11) is 1.60. The van der Waals surface area contributed by atoms with Crippen molar-refractivity contribution >= 4 is 17.6 Å². The number of hydrogen-bond donors (Lipinski definition) is 1. The van der Waals surface area contributed by atoms with Gasteiger partial charge in [-0.15, -0.1) is 0 Å². The van der Waals surface area contributed by atoms with Gasteiger partial charge in [0.1, 0.15) is 6.04 Å². The predicted octanol–water partition coefficient (Wildman–Crippen LogP) is 0.692. The maximum atomic E-state index is 11.4. The lowest BCUT2D eigenvalue weighted by Crippen LogP contribution is -2.29. The van der Waals surface area contributed by atoms with E-state index < -0.39 is 16.9 Å². The number of nitrogens with zero attached hydrogens (tertiary/aromatic N) is 3. The Labute approximate surface area is 97.7 Å². The fourth-order valence-electron chi connectivity index (χ4n) is 1.25. The number of rotatable bonds is 5. The topological polar surface area (TPSA) is 99.3 Å². The summed E-state index contributed by atoms with van der Waals surface area (Å²) in [5.74, 6) is -0.609. The summed E-state index contributed by atoms with van der Waals surface area (Å²) in [5, 5.41) is 13.4. The van der Waals surface area contributed by atoms with E-state index >= 15 is 0 Å². The Balaban J connectivity index is 2.84. The molecule has 8 nitrogen and oxygen atoms in total. The van der Waals surface area contributed by atoms with E-state index in [0.29, 0.717) is 0 Å². The van der Waals surface area contributed by atoms with Gasteiger partial charge in [-0.05, 0) is 23.8 Å². The molecule has 0 saturated heterocycles. The van der Waals surface area contributed by atoms with Crippen molar-refractivity contribution in [3.05, 3.63) is 16.4 Å². The van der Waals surface area contributed by atoms with E-state index in [-0.39, 0.29) is 18.2 Å². The van der Waals surface area contributed by atoms with Gasteiger partial charge in [-0.3, -0.25) is 4.57 Å². The highest BCUT2D eigenvalue weighted by molar-refractivity contribution is 5.79. The lowest BCUT2D eigenvalue weighted by molar-refractivity contribution is -0.388. The van der Waals surface area contributed by atoms with Crippen LogP contribution in [0, 0.1) is 10.1 Å². The molecule has 17 heavy (non-hydrogen) atoms. The van der Waals surface area contributed by atoms with Crippen molar-refractivity contribution in [1.29, 1.82) is 0 Å². The number of aryl methyl sites for hydroxylation is 1. The fourth-order valence-corrected chi connectivity index (χ4v) is 1.25. The van der Waals surface area contributed by atoms with Crippen LogP contribution >= 0.6 is 0 Å². The van der Waals surface area contributed by atoms with Crippen LogP contribution in [0.5, 0.6) is 0 Å². The Morgan fingerprint density at radius 1 is 1.76 bits per heavy atom. The highest BCUT2D eigenvalue weighted by atomic mass is 16.6. The van der Waals surface area contributed by atoms with Crippen LogP contribution in [0.2, 0.25) is 0 Å². The van der Waals surface area contributed by atoms with E-state index in [0.717, 1.165) is 0 Å². The molecule has 0 aromatic carbocycles. The Morgan fingerprint density at radius 2 is 2.41 bits per heavy atom. The monoisotopic (exact) mass is 242 g/mol. The molecule has 0 radical (unpaired) electrons. The van der Waals surface area contributed by atoms with E-state index in [9.17, 15) is 14.9 Å². The van der Waals surface area contributed by atoms with E-state index in [4.69, 9.17) is 4.74 Å². The summed E-state index contributed by atoms with van der Waals surface area (Å²) in [4.78, 5) is 25.1. The molecule has 94 valence electrons. The molecule has 0 spiro atoms. The minimum absolute atomic E-state index is 0.176. The standard InChI is InChI=1S/C9H14N4O4/c1-4-17-9(14)6(2)11-8-7(13(15)16)10-5-12(8)3/h5-6,11H,4H2,1-3H3. The minimum atomic E-state index is -0.677. The summed E-state index contributed by atoms with van der Waals surface area (Å²) in [6.45, 7) is 3.52. The zero-order chi connectivity index (χ0) is 13.0. The first-order chi connectivity index (χ1) is 7.97. The molecule has 0 saturated carbocycles. The van der Waals surface area contributed by atoms with E-state index in [1.807, 2.05) is 0 Å². The zero-order valence-electron chi connectivity index (χ0n) is 9.84. The smallest absolute Gasteiger partial charge is 0.406 e. The van der Waals surface area contributed by atoms with Gasteiger partial charge >= 0.3 is 11.8 Å². The number of hydrogen-bond acceptors (Lipinski definition) is 6. The highest BCUT2D eigenvalue weighted by Gasteiger charge is 2.24. The molecule has 1 rings (SSSR count). The molecule has 1 heterocycles. The molecule has 8 heteroatoms. The number of nitro groups is 1. The van der Waals surface area contributed by atoms with Gasteiger partial charge in [-0.1, -0.05) is 0 Å². The zero-order valence-corrected chi connectivity index (χ0v) is 9.84. The lowest BCUT2D eigenvalue weighted by Gasteiger charge is -2.13. The molecule has 1 aromatic heterocycles. The summed E-state index contributed by atoms with van der Waals surface area (Å²) in [5.41, 5.74) is 0. The van der Waals surface area contributed by atoms with E-state index in [1.165, 1.54) is 10.9 Å². The third kappa shape index (κ3) is 2.92. The quantitative estimate of drug-likeness (QED) is 0.463. The molecule has 1 aromatic rings. The molecular formula is C9H14N4O4. The van der Waals surface area contributed by atoms with E-state index in [2.05, 4.69) is 10.3 Å². The van der Waals surface area contributed by atoms with Gasteiger partial charge in [0, 0.05) is 7.05 Å². The van der Waals surface area contributed by atoms with Crippen molar-refractivity contribution < 1.29 is 14.5 Å². The molecule has 0 aliphatic rings. The third-order valence-corrected chi connectivity index (χ3v) is 2.08. The molecule has 1 unspecified atom stereocenters. The van der Waals surface area contributed by atoms with Gasteiger partial charge < -0.3 is 20.2 Å². The predicted molar refractivity (Wildman–Crippen MR) is 59.6 cm³/mol. The molecule has 0 aliphatic carbocycles. The first kappa shape index (κ1) is 12.9. The van der Waals surface area contributed by atoms with Gasteiger partial charge in [0.15, 0.2) is 0 Å². The Hall–Kier alpha value is -2.12. The molecule has 1 N–H and O–H groups in total.